The molecule has 0 radical (unpaired) electrons. The smallest absolute Gasteiger partial charge is 0.191 e. The molecule has 2 rings (SSSR count). The van der Waals surface area contributed by atoms with Gasteiger partial charge in [0, 0.05) is 19.0 Å². The topological polar surface area (TPSA) is 69.6 Å². The van der Waals surface area contributed by atoms with Crippen molar-refractivity contribution in [3.63, 3.8) is 0 Å². The van der Waals surface area contributed by atoms with E-state index in [0.717, 1.165) is 22.3 Å². The first-order valence-corrected chi connectivity index (χ1v) is 5.84. The van der Waals surface area contributed by atoms with Gasteiger partial charge in [-0.15, -0.1) is 10.2 Å². The highest BCUT2D eigenvalue weighted by atomic mass is 32.2. The molecular formula is C10H13N5S. The molecule has 2 aromatic heterocycles. The Balaban J connectivity index is 2.05. The number of rotatable bonds is 3. The Morgan fingerprint density at radius 3 is 2.88 bits per heavy atom. The third-order valence-corrected chi connectivity index (χ3v) is 3.36. The van der Waals surface area contributed by atoms with E-state index in [4.69, 9.17) is 5.73 Å². The van der Waals surface area contributed by atoms with Gasteiger partial charge in [-0.3, -0.25) is 0 Å². The monoisotopic (exact) mass is 235 g/mol. The Bertz CT molecular complexity index is 494. The average molecular weight is 235 g/mol. The predicted molar refractivity (Wildman–Crippen MR) is 64.0 cm³/mol. The average Bonchev–Trinajstić information content (AvgIpc) is 2.57. The summed E-state index contributed by atoms with van der Waals surface area (Å²) in [6.07, 6.45) is 1.72. The van der Waals surface area contributed by atoms with E-state index >= 15 is 0 Å². The molecule has 2 heterocycles. The zero-order valence-corrected chi connectivity index (χ0v) is 10.0. The maximum Gasteiger partial charge on any atom is 0.191 e. The van der Waals surface area contributed by atoms with Crippen LogP contribution in [0.5, 0.6) is 0 Å². The molecule has 0 aliphatic rings. The van der Waals surface area contributed by atoms with Crippen molar-refractivity contribution < 1.29 is 0 Å². The Hall–Kier alpha value is -1.56. The lowest BCUT2D eigenvalue weighted by atomic mass is 10.3. The van der Waals surface area contributed by atoms with Gasteiger partial charge >= 0.3 is 0 Å². The van der Waals surface area contributed by atoms with E-state index in [0.29, 0.717) is 5.82 Å². The lowest BCUT2D eigenvalue weighted by Crippen LogP contribution is -1.94. The van der Waals surface area contributed by atoms with Crippen LogP contribution in [-0.4, -0.2) is 19.7 Å². The molecule has 0 aromatic carbocycles. The van der Waals surface area contributed by atoms with Crippen LogP contribution in [-0.2, 0) is 12.8 Å². The standard InChI is InChI=1S/C10H13N5S/c1-7-13-14-10(15(7)2)16-6-8-3-4-12-9(11)5-8/h3-5H,6H2,1-2H3,(H2,11,12). The van der Waals surface area contributed by atoms with Crippen LogP contribution in [0.25, 0.3) is 0 Å². The van der Waals surface area contributed by atoms with Gasteiger partial charge in [0.2, 0.25) is 0 Å². The van der Waals surface area contributed by atoms with Crippen molar-refractivity contribution in [2.75, 3.05) is 5.73 Å². The van der Waals surface area contributed by atoms with E-state index < -0.39 is 0 Å². The van der Waals surface area contributed by atoms with Crippen molar-refractivity contribution in [3.05, 3.63) is 29.7 Å². The molecule has 84 valence electrons. The number of aromatic nitrogens is 4. The highest BCUT2D eigenvalue weighted by molar-refractivity contribution is 7.98. The minimum absolute atomic E-state index is 0.548. The van der Waals surface area contributed by atoms with Crippen LogP contribution in [0, 0.1) is 6.92 Å². The maximum atomic E-state index is 5.61. The second-order valence-corrected chi connectivity index (χ2v) is 4.41. The predicted octanol–water partition coefficient (Wildman–Crippen LogP) is 1.39. The molecule has 0 amide bonds. The molecule has 0 unspecified atom stereocenters. The van der Waals surface area contributed by atoms with E-state index in [1.54, 1.807) is 18.0 Å². The maximum absolute atomic E-state index is 5.61. The summed E-state index contributed by atoms with van der Waals surface area (Å²) < 4.78 is 1.97. The van der Waals surface area contributed by atoms with E-state index in [9.17, 15) is 0 Å². The summed E-state index contributed by atoms with van der Waals surface area (Å²) in [6.45, 7) is 1.93. The van der Waals surface area contributed by atoms with E-state index in [-0.39, 0.29) is 0 Å². The second kappa shape index (κ2) is 4.52. The van der Waals surface area contributed by atoms with Crippen LogP contribution in [0.4, 0.5) is 5.82 Å². The molecular weight excluding hydrogens is 222 g/mol. The van der Waals surface area contributed by atoms with Crippen LogP contribution < -0.4 is 5.73 Å². The number of nitrogens with zero attached hydrogens (tertiary/aromatic N) is 4. The Morgan fingerprint density at radius 2 is 2.25 bits per heavy atom. The van der Waals surface area contributed by atoms with Crippen LogP contribution in [0.3, 0.4) is 0 Å². The molecule has 16 heavy (non-hydrogen) atoms. The van der Waals surface area contributed by atoms with Gasteiger partial charge in [0.15, 0.2) is 5.16 Å². The third-order valence-electron chi connectivity index (χ3n) is 2.27. The lowest BCUT2D eigenvalue weighted by Gasteiger charge is -2.02. The van der Waals surface area contributed by atoms with Gasteiger partial charge in [-0.05, 0) is 24.6 Å². The number of hydrogen-bond acceptors (Lipinski definition) is 5. The molecule has 5 nitrogen and oxygen atoms in total. The summed E-state index contributed by atoms with van der Waals surface area (Å²) in [6, 6.07) is 3.82. The van der Waals surface area contributed by atoms with E-state index in [2.05, 4.69) is 15.2 Å². The highest BCUT2D eigenvalue weighted by Gasteiger charge is 2.05. The van der Waals surface area contributed by atoms with E-state index in [1.807, 2.05) is 30.7 Å². The van der Waals surface area contributed by atoms with Crippen LogP contribution in [0.15, 0.2) is 23.5 Å². The van der Waals surface area contributed by atoms with Crippen molar-refractivity contribution in [2.45, 2.75) is 17.8 Å². The summed E-state index contributed by atoms with van der Waals surface area (Å²) in [5.41, 5.74) is 6.75. The number of nitrogen functional groups attached to an aromatic ring is 1. The lowest BCUT2D eigenvalue weighted by molar-refractivity contribution is 0.765. The SMILES string of the molecule is Cc1nnc(SCc2ccnc(N)c2)n1C. The van der Waals surface area contributed by atoms with Gasteiger partial charge in [-0.25, -0.2) is 4.98 Å². The van der Waals surface area contributed by atoms with E-state index in [1.165, 1.54) is 0 Å². The number of anilines is 1. The quantitative estimate of drug-likeness (QED) is 0.814. The van der Waals surface area contributed by atoms with Crippen molar-refractivity contribution in [2.24, 2.45) is 7.05 Å². The minimum atomic E-state index is 0.548. The first-order chi connectivity index (χ1) is 7.66. The fourth-order valence-electron chi connectivity index (χ4n) is 1.25. The zero-order valence-electron chi connectivity index (χ0n) is 9.21. The summed E-state index contributed by atoms with van der Waals surface area (Å²) in [5.74, 6) is 2.28. The van der Waals surface area contributed by atoms with Gasteiger partial charge in [-0.2, -0.15) is 0 Å². The largest absolute Gasteiger partial charge is 0.384 e. The molecule has 0 aliphatic carbocycles. The molecule has 0 bridgehead atoms. The zero-order chi connectivity index (χ0) is 11.5. The molecule has 0 spiro atoms. The number of aryl methyl sites for hydroxylation is 1. The van der Waals surface area contributed by atoms with Crippen molar-refractivity contribution in [3.8, 4) is 0 Å². The molecule has 6 heteroatoms. The number of nitrogens with two attached hydrogens (primary N) is 1. The van der Waals surface area contributed by atoms with Gasteiger partial charge in [0.05, 0.1) is 0 Å². The first kappa shape index (κ1) is 10.9. The van der Waals surface area contributed by atoms with Crippen molar-refractivity contribution in [1.29, 1.82) is 0 Å². The van der Waals surface area contributed by atoms with Crippen LogP contribution in [0.1, 0.15) is 11.4 Å². The third kappa shape index (κ3) is 2.33. The molecule has 0 atom stereocenters. The number of hydrogen-bond donors (Lipinski definition) is 1. The van der Waals surface area contributed by atoms with Crippen molar-refractivity contribution in [1.82, 2.24) is 19.7 Å². The second-order valence-electron chi connectivity index (χ2n) is 3.47. The minimum Gasteiger partial charge on any atom is -0.384 e. The molecule has 2 aromatic rings. The van der Waals surface area contributed by atoms with Gasteiger partial charge < -0.3 is 10.3 Å². The van der Waals surface area contributed by atoms with Gasteiger partial charge in [-0.1, -0.05) is 11.8 Å². The Morgan fingerprint density at radius 1 is 1.44 bits per heavy atom. The van der Waals surface area contributed by atoms with Gasteiger partial charge in [0.1, 0.15) is 11.6 Å². The normalized spacial score (nSPS) is 10.6. The Kier molecular flexibility index (Phi) is 3.09. The molecule has 0 saturated heterocycles. The first-order valence-electron chi connectivity index (χ1n) is 4.86. The van der Waals surface area contributed by atoms with Gasteiger partial charge in [0.25, 0.3) is 0 Å². The fourth-order valence-corrected chi connectivity index (χ4v) is 2.15. The fraction of sp³-hybridized carbons (Fsp3) is 0.300. The molecule has 2 N–H and O–H groups in total. The summed E-state index contributed by atoms with van der Waals surface area (Å²) in [4.78, 5) is 3.95. The molecule has 0 aliphatic heterocycles. The number of thioether (sulfide) groups is 1. The molecule has 0 saturated carbocycles. The van der Waals surface area contributed by atoms with Crippen LogP contribution >= 0.6 is 11.8 Å². The highest BCUT2D eigenvalue weighted by Crippen LogP contribution is 2.21. The van der Waals surface area contributed by atoms with Crippen molar-refractivity contribution >= 4 is 17.6 Å². The molecule has 0 fully saturated rings. The summed E-state index contributed by atoms with van der Waals surface area (Å²) in [5, 5.41) is 8.99. The summed E-state index contributed by atoms with van der Waals surface area (Å²) >= 11 is 1.64. The summed E-state index contributed by atoms with van der Waals surface area (Å²) in [7, 11) is 1.96. The van der Waals surface area contributed by atoms with Crippen LogP contribution in [0.2, 0.25) is 0 Å². The number of pyridine rings is 1. The Labute approximate surface area is 98.1 Å².